The molecular formula is C19H25ClN4O2. The molecule has 2 aromatic rings. The summed E-state index contributed by atoms with van der Waals surface area (Å²) in [6, 6.07) is 7.48. The van der Waals surface area contributed by atoms with Gasteiger partial charge >= 0.3 is 0 Å². The zero-order valence-corrected chi connectivity index (χ0v) is 15.9. The van der Waals surface area contributed by atoms with Crippen molar-refractivity contribution >= 4 is 11.6 Å². The fourth-order valence-electron chi connectivity index (χ4n) is 3.77. The third kappa shape index (κ3) is 3.59. The second-order valence-electron chi connectivity index (χ2n) is 7.19. The van der Waals surface area contributed by atoms with Crippen molar-refractivity contribution in [2.45, 2.75) is 51.5 Å². The van der Waals surface area contributed by atoms with Crippen molar-refractivity contribution in [3.05, 3.63) is 40.9 Å². The highest BCUT2D eigenvalue weighted by Crippen LogP contribution is 2.33. The molecule has 0 saturated carbocycles. The van der Waals surface area contributed by atoms with E-state index in [0.717, 1.165) is 44.2 Å². The maximum atomic E-state index is 6.23. The van der Waals surface area contributed by atoms with E-state index in [-0.39, 0.29) is 5.60 Å². The molecule has 1 spiro atoms. The third-order valence-electron chi connectivity index (χ3n) is 5.27. The number of fused-ring (bicyclic) bond motifs is 1. The normalized spacial score (nSPS) is 22.7. The lowest BCUT2D eigenvalue weighted by molar-refractivity contribution is -0.0832. The molecule has 1 aromatic heterocycles. The highest BCUT2D eigenvalue weighted by Gasteiger charge is 2.43. The third-order valence-corrected chi connectivity index (χ3v) is 5.59. The summed E-state index contributed by atoms with van der Waals surface area (Å²) in [4.78, 5) is 2.51. The van der Waals surface area contributed by atoms with Crippen LogP contribution in [-0.2, 0) is 24.5 Å². The number of likely N-dealkylation sites (tertiary alicyclic amines) is 1. The van der Waals surface area contributed by atoms with E-state index in [9.17, 15) is 0 Å². The monoisotopic (exact) mass is 376 g/mol. The van der Waals surface area contributed by atoms with Crippen LogP contribution in [0.1, 0.15) is 37.8 Å². The van der Waals surface area contributed by atoms with Gasteiger partial charge in [-0.2, -0.15) is 0 Å². The quantitative estimate of drug-likeness (QED) is 0.774. The number of unbranched alkanes of at least 4 members (excludes halogenated alkanes) is 1. The molecule has 2 aliphatic heterocycles. The highest BCUT2D eigenvalue weighted by atomic mass is 35.5. The largest absolute Gasteiger partial charge is 0.484 e. The zero-order chi connectivity index (χ0) is 18.0. The van der Waals surface area contributed by atoms with Gasteiger partial charge in [0.15, 0.2) is 11.6 Å². The number of para-hydroxylation sites is 1. The predicted octanol–water partition coefficient (Wildman–Crippen LogP) is 3.29. The smallest absolute Gasteiger partial charge is 0.171 e. The van der Waals surface area contributed by atoms with Gasteiger partial charge in [0.05, 0.1) is 11.6 Å². The number of rotatable bonds is 6. The number of aromatic nitrogens is 3. The predicted molar refractivity (Wildman–Crippen MR) is 99.3 cm³/mol. The van der Waals surface area contributed by atoms with Crippen molar-refractivity contribution in [3.8, 4) is 5.75 Å². The van der Waals surface area contributed by atoms with E-state index in [1.54, 1.807) is 0 Å². The Labute approximate surface area is 159 Å². The van der Waals surface area contributed by atoms with Gasteiger partial charge in [-0.25, -0.2) is 0 Å². The van der Waals surface area contributed by atoms with Gasteiger partial charge < -0.3 is 18.9 Å². The lowest BCUT2D eigenvalue weighted by atomic mass is 10.0. The molecule has 1 saturated heterocycles. The van der Waals surface area contributed by atoms with Gasteiger partial charge in [0, 0.05) is 13.1 Å². The Bertz CT molecular complexity index is 766. The average molecular weight is 377 g/mol. The summed E-state index contributed by atoms with van der Waals surface area (Å²) in [5, 5.41) is 9.20. The maximum absolute atomic E-state index is 6.23. The van der Waals surface area contributed by atoms with Crippen molar-refractivity contribution in [1.82, 2.24) is 19.7 Å². The maximum Gasteiger partial charge on any atom is 0.171 e. The Morgan fingerprint density at radius 1 is 1.27 bits per heavy atom. The molecule has 0 bridgehead atoms. The van der Waals surface area contributed by atoms with Gasteiger partial charge in [0.25, 0.3) is 0 Å². The van der Waals surface area contributed by atoms with Crippen molar-refractivity contribution in [2.24, 2.45) is 0 Å². The molecule has 0 radical (unpaired) electrons. The van der Waals surface area contributed by atoms with Crippen LogP contribution >= 0.6 is 11.6 Å². The number of benzene rings is 1. The Morgan fingerprint density at radius 2 is 2.15 bits per heavy atom. The van der Waals surface area contributed by atoms with Crippen molar-refractivity contribution < 1.29 is 9.47 Å². The van der Waals surface area contributed by atoms with Crippen LogP contribution < -0.4 is 4.74 Å². The standard InChI is InChI=1S/C19H25ClN4O2/c1-2-3-9-23-10-8-19(13-23)14-24-17(21-22-18(24)12-26-19)11-25-16-7-5-4-6-15(16)20/h4-7H,2-3,8-14H2,1H3. The molecule has 6 nitrogen and oxygen atoms in total. The Kier molecular flexibility index (Phi) is 5.16. The molecule has 7 heteroatoms. The van der Waals surface area contributed by atoms with Crippen LogP contribution in [0.4, 0.5) is 0 Å². The molecule has 0 amide bonds. The number of hydrogen-bond donors (Lipinski definition) is 0. The summed E-state index contributed by atoms with van der Waals surface area (Å²) in [5.74, 6) is 2.37. The summed E-state index contributed by atoms with van der Waals surface area (Å²) < 4.78 is 14.3. The van der Waals surface area contributed by atoms with E-state index < -0.39 is 0 Å². The SMILES string of the molecule is CCCCN1CCC2(C1)Cn1c(COc3ccccc3Cl)nnc1CO2. The van der Waals surface area contributed by atoms with Crippen LogP contribution in [0.15, 0.2) is 24.3 Å². The van der Waals surface area contributed by atoms with Gasteiger partial charge in [-0.05, 0) is 31.5 Å². The van der Waals surface area contributed by atoms with Crippen LogP contribution in [-0.4, -0.2) is 44.9 Å². The lowest BCUT2D eigenvalue weighted by Gasteiger charge is -2.34. The van der Waals surface area contributed by atoms with Crippen LogP contribution in [0.5, 0.6) is 5.75 Å². The molecule has 3 heterocycles. The van der Waals surface area contributed by atoms with Gasteiger partial charge in [0.2, 0.25) is 0 Å². The molecule has 140 valence electrons. The first-order valence-corrected chi connectivity index (χ1v) is 9.71. The van der Waals surface area contributed by atoms with Crippen LogP contribution in [0.3, 0.4) is 0 Å². The Morgan fingerprint density at radius 3 is 3.00 bits per heavy atom. The second-order valence-corrected chi connectivity index (χ2v) is 7.60. The van der Waals surface area contributed by atoms with E-state index in [4.69, 9.17) is 21.1 Å². The number of halogens is 1. The van der Waals surface area contributed by atoms with Crippen LogP contribution in [0.25, 0.3) is 0 Å². The number of hydrogen-bond acceptors (Lipinski definition) is 5. The Balaban J connectivity index is 1.44. The minimum Gasteiger partial charge on any atom is -0.484 e. The minimum absolute atomic E-state index is 0.123. The van der Waals surface area contributed by atoms with E-state index in [1.807, 2.05) is 24.3 Å². The molecule has 1 fully saturated rings. The fraction of sp³-hybridized carbons (Fsp3) is 0.579. The molecule has 26 heavy (non-hydrogen) atoms. The summed E-state index contributed by atoms with van der Waals surface area (Å²) in [6.07, 6.45) is 3.52. The molecule has 4 rings (SSSR count). The molecule has 0 aliphatic carbocycles. The Hall–Kier alpha value is -1.63. The van der Waals surface area contributed by atoms with E-state index in [2.05, 4.69) is 26.6 Å². The zero-order valence-electron chi connectivity index (χ0n) is 15.2. The molecular weight excluding hydrogens is 352 g/mol. The fourth-order valence-corrected chi connectivity index (χ4v) is 3.96. The minimum atomic E-state index is -0.123. The molecule has 0 N–H and O–H groups in total. The van der Waals surface area contributed by atoms with Gasteiger partial charge in [-0.3, -0.25) is 0 Å². The average Bonchev–Trinajstić information content (AvgIpc) is 3.23. The van der Waals surface area contributed by atoms with Gasteiger partial charge in [-0.1, -0.05) is 37.1 Å². The molecule has 1 aromatic carbocycles. The topological polar surface area (TPSA) is 52.4 Å². The first-order valence-electron chi connectivity index (χ1n) is 9.34. The van der Waals surface area contributed by atoms with Crippen LogP contribution in [0, 0.1) is 0 Å². The van der Waals surface area contributed by atoms with E-state index in [0.29, 0.717) is 24.0 Å². The number of ether oxygens (including phenoxy) is 2. The van der Waals surface area contributed by atoms with Crippen molar-refractivity contribution in [3.63, 3.8) is 0 Å². The van der Waals surface area contributed by atoms with E-state index >= 15 is 0 Å². The summed E-state index contributed by atoms with van der Waals surface area (Å²) in [5.41, 5.74) is -0.123. The lowest BCUT2D eigenvalue weighted by Crippen LogP contribution is -2.44. The molecule has 2 aliphatic rings. The van der Waals surface area contributed by atoms with Gasteiger partial charge in [0.1, 0.15) is 24.6 Å². The summed E-state index contributed by atoms with van der Waals surface area (Å²) >= 11 is 6.17. The van der Waals surface area contributed by atoms with Crippen LogP contribution in [0.2, 0.25) is 5.02 Å². The molecule has 1 unspecified atom stereocenters. The van der Waals surface area contributed by atoms with E-state index in [1.165, 1.54) is 12.8 Å². The first-order chi connectivity index (χ1) is 12.7. The van der Waals surface area contributed by atoms with Crippen molar-refractivity contribution in [2.75, 3.05) is 19.6 Å². The summed E-state index contributed by atoms with van der Waals surface area (Å²) in [6.45, 7) is 7.13. The highest BCUT2D eigenvalue weighted by molar-refractivity contribution is 6.32. The molecule has 1 atom stereocenters. The van der Waals surface area contributed by atoms with Crippen molar-refractivity contribution in [1.29, 1.82) is 0 Å². The first kappa shape index (κ1) is 17.8. The summed E-state index contributed by atoms with van der Waals surface area (Å²) in [7, 11) is 0. The second kappa shape index (κ2) is 7.55. The van der Waals surface area contributed by atoms with Gasteiger partial charge in [-0.15, -0.1) is 10.2 Å². The number of nitrogens with zero attached hydrogens (tertiary/aromatic N) is 4.